The normalized spacial score (nSPS) is 21.4. The van der Waals surface area contributed by atoms with Crippen LogP contribution in [-0.4, -0.2) is 94.7 Å². The Balaban J connectivity index is 0.855. The predicted octanol–water partition coefficient (Wildman–Crippen LogP) is 7.25. The van der Waals surface area contributed by atoms with E-state index in [0.717, 1.165) is 43.7 Å². The van der Waals surface area contributed by atoms with Gasteiger partial charge in [0.2, 0.25) is 17.7 Å². The van der Waals surface area contributed by atoms with E-state index in [1.807, 2.05) is 37.5 Å². The van der Waals surface area contributed by atoms with E-state index < -0.39 is 5.60 Å². The number of allylic oxidation sites excluding steroid dienone is 1. The zero-order valence-electron chi connectivity index (χ0n) is 33.4. The lowest BCUT2D eigenvalue weighted by Crippen LogP contribution is -2.49. The van der Waals surface area contributed by atoms with E-state index in [-0.39, 0.29) is 35.9 Å². The topological polar surface area (TPSA) is 114 Å². The lowest BCUT2D eigenvalue weighted by molar-refractivity contribution is -0.136. The third-order valence-electron chi connectivity index (χ3n) is 12.3. The molecule has 2 aromatic carbocycles. The molecule has 3 aromatic rings. The highest BCUT2D eigenvalue weighted by atomic mass is 16.6. The van der Waals surface area contributed by atoms with Crippen molar-refractivity contribution >= 4 is 17.9 Å². The second kappa shape index (κ2) is 15.5. The molecule has 0 radical (unpaired) electrons. The smallest absolute Gasteiger partial charge is 0.410 e. The highest BCUT2D eigenvalue weighted by Gasteiger charge is 2.48. The SMILES string of the molecule is Cc1nc(OCCC(C)C2CCN(C(=O)OC(C)(C)C)CC2)ccc1C(=O)NC1CC2C(=O)N3CCCC3=C(OCC3c4ccccc4-c4ccccc43)N2C1. The number of fused-ring (bicyclic) bond motifs is 5. The van der Waals surface area contributed by atoms with Crippen LogP contribution < -0.4 is 10.1 Å². The van der Waals surface area contributed by atoms with Crippen LogP contribution in [-0.2, 0) is 14.3 Å². The van der Waals surface area contributed by atoms with Crippen LogP contribution in [0.5, 0.6) is 5.88 Å². The first-order chi connectivity index (χ1) is 26.9. The average Bonchev–Trinajstić information content (AvgIpc) is 3.91. The third kappa shape index (κ3) is 7.56. The van der Waals surface area contributed by atoms with Crippen molar-refractivity contribution in [2.45, 2.75) is 96.7 Å². The van der Waals surface area contributed by atoms with Gasteiger partial charge < -0.3 is 34.2 Å². The molecular formula is C45H55N5O6. The zero-order valence-corrected chi connectivity index (χ0v) is 33.4. The first-order valence-electron chi connectivity index (χ1n) is 20.5. The molecule has 0 saturated carbocycles. The fourth-order valence-electron chi connectivity index (χ4n) is 9.34. The van der Waals surface area contributed by atoms with Gasteiger partial charge in [-0.3, -0.25) is 9.59 Å². The molecular weight excluding hydrogens is 707 g/mol. The summed E-state index contributed by atoms with van der Waals surface area (Å²) in [6, 6.07) is 20.0. The molecule has 1 N–H and O–H groups in total. The molecule has 0 bridgehead atoms. The summed E-state index contributed by atoms with van der Waals surface area (Å²) in [7, 11) is 0. The highest BCUT2D eigenvalue weighted by Crippen LogP contribution is 2.46. The summed E-state index contributed by atoms with van der Waals surface area (Å²) < 4.78 is 18.4. The largest absolute Gasteiger partial charge is 0.478 e. The quantitative estimate of drug-likeness (QED) is 0.230. The first-order valence-corrected chi connectivity index (χ1v) is 20.5. The number of nitrogens with one attached hydrogen (secondary N) is 1. The third-order valence-corrected chi connectivity index (χ3v) is 12.3. The Kier molecular flexibility index (Phi) is 10.5. The van der Waals surface area contributed by atoms with E-state index in [1.54, 1.807) is 12.1 Å². The van der Waals surface area contributed by atoms with Gasteiger partial charge in [0.05, 0.1) is 23.6 Å². The van der Waals surface area contributed by atoms with Crippen LogP contribution in [0, 0.1) is 18.8 Å². The van der Waals surface area contributed by atoms with Crippen LogP contribution in [0.25, 0.3) is 11.1 Å². The molecule has 3 saturated heterocycles. The number of likely N-dealkylation sites (tertiary alicyclic amines) is 1. The molecule has 5 aliphatic rings. The lowest BCUT2D eigenvalue weighted by atomic mass is 9.84. The number of pyridine rings is 1. The van der Waals surface area contributed by atoms with Crippen molar-refractivity contribution in [3.8, 4) is 17.0 Å². The number of aromatic nitrogens is 1. The van der Waals surface area contributed by atoms with Gasteiger partial charge in [-0.05, 0) is 106 Å². The number of rotatable bonds is 10. The molecule has 1 aliphatic carbocycles. The highest BCUT2D eigenvalue weighted by molar-refractivity contribution is 5.95. The molecule has 11 heteroatoms. The maximum absolute atomic E-state index is 13.8. The second-order valence-electron chi connectivity index (χ2n) is 17.2. The Morgan fingerprint density at radius 3 is 2.32 bits per heavy atom. The Labute approximate surface area is 330 Å². The number of aryl methyl sites for hydroxylation is 1. The van der Waals surface area contributed by atoms with E-state index >= 15 is 0 Å². The maximum Gasteiger partial charge on any atom is 0.410 e. The van der Waals surface area contributed by atoms with Gasteiger partial charge in [-0.2, -0.15) is 0 Å². The van der Waals surface area contributed by atoms with Gasteiger partial charge >= 0.3 is 6.09 Å². The molecule has 11 nitrogen and oxygen atoms in total. The van der Waals surface area contributed by atoms with Crippen molar-refractivity contribution in [3.63, 3.8) is 0 Å². The number of hydrogen-bond acceptors (Lipinski definition) is 8. The molecule has 5 heterocycles. The summed E-state index contributed by atoms with van der Waals surface area (Å²) in [5.41, 5.74) is 6.60. The molecule has 3 amide bonds. The van der Waals surface area contributed by atoms with Gasteiger partial charge in [0.25, 0.3) is 5.91 Å². The van der Waals surface area contributed by atoms with Crippen LogP contribution in [0.15, 0.2) is 72.2 Å². The number of piperidine rings is 1. The molecule has 1 aromatic heterocycles. The van der Waals surface area contributed by atoms with Crippen LogP contribution in [0.2, 0.25) is 0 Å². The monoisotopic (exact) mass is 761 g/mol. The van der Waals surface area contributed by atoms with Crippen molar-refractivity contribution in [1.82, 2.24) is 25.0 Å². The van der Waals surface area contributed by atoms with Crippen LogP contribution in [0.3, 0.4) is 0 Å². The fourth-order valence-corrected chi connectivity index (χ4v) is 9.34. The number of carbonyl (C=O) groups is 3. The van der Waals surface area contributed by atoms with Gasteiger partial charge in [-0.25, -0.2) is 9.78 Å². The van der Waals surface area contributed by atoms with Gasteiger partial charge in [-0.15, -0.1) is 0 Å². The molecule has 3 unspecified atom stereocenters. The van der Waals surface area contributed by atoms with Gasteiger partial charge in [0.1, 0.15) is 18.2 Å². The number of benzene rings is 2. The van der Waals surface area contributed by atoms with E-state index in [1.165, 1.54) is 22.3 Å². The Bertz CT molecular complexity index is 1970. The number of ether oxygens (including phenoxy) is 3. The fraction of sp³-hybridized carbons (Fsp3) is 0.511. The molecule has 0 spiro atoms. The Hall–Kier alpha value is -5.06. The number of hydrogen-bond donors (Lipinski definition) is 1. The van der Waals surface area contributed by atoms with Crippen LogP contribution in [0.1, 0.15) is 99.3 Å². The van der Waals surface area contributed by atoms with Crippen molar-refractivity contribution in [2.24, 2.45) is 11.8 Å². The first kappa shape index (κ1) is 37.8. The summed E-state index contributed by atoms with van der Waals surface area (Å²) in [5.74, 6) is 2.22. The van der Waals surface area contributed by atoms with E-state index in [0.29, 0.717) is 74.8 Å². The van der Waals surface area contributed by atoms with Gasteiger partial charge in [-0.1, -0.05) is 55.5 Å². The van der Waals surface area contributed by atoms with Crippen molar-refractivity contribution in [3.05, 3.63) is 94.6 Å². The minimum absolute atomic E-state index is 0.0954. The number of nitrogens with zero attached hydrogens (tertiary/aromatic N) is 4. The minimum Gasteiger partial charge on any atom is -0.478 e. The van der Waals surface area contributed by atoms with Crippen molar-refractivity contribution in [1.29, 1.82) is 0 Å². The lowest BCUT2D eigenvalue weighted by Gasteiger charge is -2.38. The predicted molar refractivity (Wildman–Crippen MR) is 213 cm³/mol. The van der Waals surface area contributed by atoms with E-state index in [2.05, 4.69) is 70.7 Å². The van der Waals surface area contributed by atoms with E-state index in [9.17, 15) is 14.4 Å². The van der Waals surface area contributed by atoms with Crippen molar-refractivity contribution < 1.29 is 28.6 Å². The maximum atomic E-state index is 13.8. The van der Waals surface area contributed by atoms with Crippen LogP contribution in [0.4, 0.5) is 4.79 Å². The summed E-state index contributed by atoms with van der Waals surface area (Å²) in [4.78, 5) is 50.3. The summed E-state index contributed by atoms with van der Waals surface area (Å²) in [6.45, 7) is 13.4. The number of amides is 3. The molecule has 3 fully saturated rings. The number of carbonyl (C=O) groups excluding carboxylic acids is 3. The summed E-state index contributed by atoms with van der Waals surface area (Å²) in [6.07, 6.45) is 4.78. The molecule has 3 atom stereocenters. The second-order valence-corrected chi connectivity index (χ2v) is 17.2. The summed E-state index contributed by atoms with van der Waals surface area (Å²) in [5, 5.41) is 3.21. The molecule has 56 heavy (non-hydrogen) atoms. The standard InChI is InChI=1S/C45H55N5O6/c1-28(30-18-22-48(23-19-30)44(53)56-45(3,4)5)20-24-54-40-17-16-32(29(2)46-40)41(51)47-31-25-39-42(52)49-21-10-15-38(49)43(50(39)26-31)55-27-37-35-13-8-6-11-33(35)34-12-7-9-14-36(34)37/h6-9,11-14,16-17,28,30-31,37,39H,10,15,18-27H2,1-5H3,(H,47,51). The summed E-state index contributed by atoms with van der Waals surface area (Å²) >= 11 is 0. The Morgan fingerprint density at radius 1 is 0.946 bits per heavy atom. The van der Waals surface area contributed by atoms with Gasteiger partial charge in [0, 0.05) is 44.2 Å². The van der Waals surface area contributed by atoms with E-state index in [4.69, 9.17) is 14.2 Å². The van der Waals surface area contributed by atoms with Crippen LogP contribution >= 0.6 is 0 Å². The van der Waals surface area contributed by atoms with Gasteiger partial charge in [0.15, 0.2) is 0 Å². The van der Waals surface area contributed by atoms with Crippen molar-refractivity contribution in [2.75, 3.05) is 39.4 Å². The molecule has 8 rings (SSSR count). The Morgan fingerprint density at radius 2 is 1.64 bits per heavy atom. The molecule has 296 valence electrons. The average molecular weight is 762 g/mol. The minimum atomic E-state index is -0.490. The zero-order chi connectivity index (χ0) is 39.1. The molecule has 4 aliphatic heterocycles.